The number of nitrogens with zero attached hydrogens (tertiary/aromatic N) is 2. The number of hydrogen-bond acceptors (Lipinski definition) is 5. The number of aromatic amines is 2. The molecule has 0 aliphatic rings. The molecule has 0 fully saturated rings. The van der Waals surface area contributed by atoms with Gasteiger partial charge in [0, 0.05) is 18.9 Å². The SMILES string of the molecule is CN(Cc1nc2ccsc2c(=O)[nH]1)C(=O)c1cc(N)c[nH]1. The van der Waals surface area contributed by atoms with Crippen LogP contribution in [0.25, 0.3) is 10.2 Å². The number of aromatic nitrogens is 3. The number of nitrogen functional groups attached to an aromatic ring is 1. The van der Waals surface area contributed by atoms with E-state index >= 15 is 0 Å². The van der Waals surface area contributed by atoms with Crippen molar-refractivity contribution in [2.75, 3.05) is 12.8 Å². The molecule has 4 N–H and O–H groups in total. The number of fused-ring (bicyclic) bond motifs is 1. The van der Waals surface area contributed by atoms with Gasteiger partial charge in [0.15, 0.2) is 0 Å². The molecule has 0 atom stereocenters. The fourth-order valence-electron chi connectivity index (χ4n) is 2.03. The molecule has 0 aliphatic heterocycles. The second-order valence-corrected chi connectivity index (χ2v) is 5.57. The van der Waals surface area contributed by atoms with Crippen LogP contribution in [0, 0.1) is 0 Å². The Bertz CT molecular complexity index is 863. The molecule has 21 heavy (non-hydrogen) atoms. The van der Waals surface area contributed by atoms with E-state index in [0.717, 1.165) is 0 Å². The minimum atomic E-state index is -0.222. The molecule has 0 aromatic carbocycles. The lowest BCUT2D eigenvalue weighted by molar-refractivity contribution is 0.0776. The van der Waals surface area contributed by atoms with E-state index in [1.54, 1.807) is 25.4 Å². The minimum Gasteiger partial charge on any atom is -0.397 e. The van der Waals surface area contributed by atoms with Gasteiger partial charge < -0.3 is 20.6 Å². The summed E-state index contributed by atoms with van der Waals surface area (Å²) in [5, 5.41) is 1.81. The van der Waals surface area contributed by atoms with Gasteiger partial charge >= 0.3 is 0 Å². The highest BCUT2D eigenvalue weighted by Crippen LogP contribution is 2.14. The monoisotopic (exact) mass is 303 g/mol. The Labute approximate surface area is 123 Å². The van der Waals surface area contributed by atoms with Crippen LogP contribution in [0.3, 0.4) is 0 Å². The van der Waals surface area contributed by atoms with Crippen LogP contribution in [0.4, 0.5) is 5.69 Å². The topological polar surface area (TPSA) is 108 Å². The fraction of sp³-hybridized carbons (Fsp3) is 0.154. The molecule has 0 unspecified atom stereocenters. The largest absolute Gasteiger partial charge is 0.397 e. The Morgan fingerprint density at radius 1 is 1.52 bits per heavy atom. The van der Waals surface area contributed by atoms with E-state index in [0.29, 0.717) is 27.4 Å². The van der Waals surface area contributed by atoms with Crippen LogP contribution >= 0.6 is 11.3 Å². The average molecular weight is 303 g/mol. The maximum absolute atomic E-state index is 12.2. The third-order valence-electron chi connectivity index (χ3n) is 3.03. The van der Waals surface area contributed by atoms with Crippen LogP contribution in [0.1, 0.15) is 16.3 Å². The number of rotatable bonds is 3. The second-order valence-electron chi connectivity index (χ2n) is 4.66. The Morgan fingerprint density at radius 2 is 2.33 bits per heavy atom. The smallest absolute Gasteiger partial charge is 0.270 e. The Morgan fingerprint density at radius 3 is 3.05 bits per heavy atom. The molecule has 3 rings (SSSR count). The molecule has 0 spiro atoms. The van der Waals surface area contributed by atoms with Crippen LogP contribution in [0.2, 0.25) is 0 Å². The first-order valence-electron chi connectivity index (χ1n) is 6.20. The van der Waals surface area contributed by atoms with Gasteiger partial charge in [-0.2, -0.15) is 0 Å². The number of nitrogens with one attached hydrogen (secondary N) is 2. The molecule has 3 heterocycles. The van der Waals surface area contributed by atoms with Gasteiger partial charge in [-0.25, -0.2) is 4.98 Å². The van der Waals surface area contributed by atoms with Gasteiger partial charge in [-0.3, -0.25) is 9.59 Å². The van der Waals surface area contributed by atoms with Crippen LogP contribution < -0.4 is 11.3 Å². The predicted molar refractivity (Wildman–Crippen MR) is 81.2 cm³/mol. The van der Waals surface area contributed by atoms with E-state index < -0.39 is 0 Å². The molecule has 8 heteroatoms. The fourth-order valence-corrected chi connectivity index (χ4v) is 2.76. The van der Waals surface area contributed by atoms with E-state index in [-0.39, 0.29) is 18.0 Å². The molecular weight excluding hydrogens is 290 g/mol. The zero-order valence-corrected chi connectivity index (χ0v) is 12.0. The van der Waals surface area contributed by atoms with Crippen molar-refractivity contribution in [3.05, 3.63) is 45.6 Å². The lowest BCUT2D eigenvalue weighted by Crippen LogP contribution is -2.28. The average Bonchev–Trinajstić information content (AvgIpc) is 3.06. The van der Waals surface area contributed by atoms with Crippen molar-refractivity contribution in [2.45, 2.75) is 6.54 Å². The van der Waals surface area contributed by atoms with Crippen molar-refractivity contribution < 1.29 is 4.79 Å². The van der Waals surface area contributed by atoms with Crippen molar-refractivity contribution in [3.8, 4) is 0 Å². The first kappa shape index (κ1) is 13.4. The number of H-pyrrole nitrogens is 2. The minimum absolute atomic E-state index is 0.185. The van der Waals surface area contributed by atoms with Gasteiger partial charge in [0.25, 0.3) is 11.5 Å². The number of hydrogen-bond donors (Lipinski definition) is 3. The normalized spacial score (nSPS) is 10.9. The Kier molecular flexibility index (Phi) is 3.22. The summed E-state index contributed by atoms with van der Waals surface area (Å²) in [4.78, 5) is 35.4. The molecule has 0 bridgehead atoms. The van der Waals surface area contributed by atoms with E-state index in [1.165, 1.54) is 16.2 Å². The summed E-state index contributed by atoms with van der Waals surface area (Å²) in [7, 11) is 1.64. The summed E-state index contributed by atoms with van der Waals surface area (Å²) >= 11 is 1.34. The number of nitrogens with two attached hydrogens (primary N) is 1. The van der Waals surface area contributed by atoms with Crippen molar-refractivity contribution in [2.24, 2.45) is 0 Å². The van der Waals surface area contributed by atoms with Gasteiger partial charge in [-0.05, 0) is 17.5 Å². The summed E-state index contributed by atoms with van der Waals surface area (Å²) in [6.45, 7) is 0.207. The van der Waals surface area contributed by atoms with Gasteiger partial charge in [-0.1, -0.05) is 0 Å². The number of amides is 1. The van der Waals surface area contributed by atoms with Gasteiger partial charge in [0.2, 0.25) is 0 Å². The molecule has 0 radical (unpaired) electrons. The number of thiophene rings is 1. The molecule has 0 saturated heterocycles. The van der Waals surface area contributed by atoms with E-state index in [2.05, 4.69) is 15.0 Å². The van der Waals surface area contributed by atoms with Gasteiger partial charge in [-0.15, -0.1) is 11.3 Å². The lowest BCUT2D eigenvalue weighted by atomic mass is 10.3. The van der Waals surface area contributed by atoms with Gasteiger partial charge in [0.05, 0.1) is 12.1 Å². The molecule has 3 aromatic heterocycles. The number of carbonyl (C=O) groups is 1. The van der Waals surface area contributed by atoms with Crippen LogP contribution in [-0.2, 0) is 6.54 Å². The van der Waals surface area contributed by atoms with Crippen molar-refractivity contribution in [3.63, 3.8) is 0 Å². The van der Waals surface area contributed by atoms with Crippen LogP contribution in [0.5, 0.6) is 0 Å². The first-order valence-corrected chi connectivity index (χ1v) is 7.08. The van der Waals surface area contributed by atoms with E-state index in [9.17, 15) is 9.59 Å². The molecule has 108 valence electrons. The first-order chi connectivity index (χ1) is 10.0. The summed E-state index contributed by atoms with van der Waals surface area (Å²) in [5.41, 5.74) is 6.93. The summed E-state index contributed by atoms with van der Waals surface area (Å²) in [6.07, 6.45) is 1.55. The summed E-state index contributed by atoms with van der Waals surface area (Å²) < 4.78 is 0.588. The van der Waals surface area contributed by atoms with Crippen molar-refractivity contribution in [1.29, 1.82) is 0 Å². The highest BCUT2D eigenvalue weighted by Gasteiger charge is 2.15. The van der Waals surface area contributed by atoms with E-state index in [1.807, 2.05) is 5.38 Å². The number of carbonyl (C=O) groups excluding carboxylic acids is 1. The third-order valence-corrected chi connectivity index (χ3v) is 3.94. The molecule has 7 nitrogen and oxygen atoms in total. The number of anilines is 1. The molecule has 0 saturated carbocycles. The zero-order chi connectivity index (χ0) is 15.0. The second kappa shape index (κ2) is 5.06. The summed E-state index contributed by atoms with van der Waals surface area (Å²) in [5.74, 6) is 0.223. The highest BCUT2D eigenvalue weighted by atomic mass is 32.1. The van der Waals surface area contributed by atoms with Crippen molar-refractivity contribution >= 4 is 33.1 Å². The zero-order valence-electron chi connectivity index (χ0n) is 11.2. The molecular formula is C13H13N5O2S. The molecule has 1 amide bonds. The maximum atomic E-state index is 12.2. The standard InChI is InChI=1S/C13H13N5O2S/c1-18(13(20)9-4-7(14)5-15-9)6-10-16-8-2-3-21-11(8)12(19)17-10/h2-5,15H,6,14H2,1H3,(H,16,17,19). The van der Waals surface area contributed by atoms with Crippen LogP contribution in [0.15, 0.2) is 28.5 Å². The predicted octanol–water partition coefficient (Wildman–Crippen LogP) is 1.17. The quantitative estimate of drug-likeness (QED) is 0.675. The van der Waals surface area contributed by atoms with Crippen LogP contribution in [-0.4, -0.2) is 32.8 Å². The highest BCUT2D eigenvalue weighted by molar-refractivity contribution is 7.17. The van der Waals surface area contributed by atoms with Gasteiger partial charge in [0.1, 0.15) is 16.2 Å². The molecule has 3 aromatic rings. The van der Waals surface area contributed by atoms with E-state index in [4.69, 9.17) is 5.73 Å². The van der Waals surface area contributed by atoms with Crippen molar-refractivity contribution in [1.82, 2.24) is 19.9 Å². The lowest BCUT2D eigenvalue weighted by Gasteiger charge is -2.15. The maximum Gasteiger partial charge on any atom is 0.270 e. The Balaban J connectivity index is 1.84. The third kappa shape index (κ3) is 2.52. The molecule has 0 aliphatic carbocycles. The Hall–Kier alpha value is -2.61. The summed E-state index contributed by atoms with van der Waals surface area (Å²) in [6, 6.07) is 3.35.